The lowest BCUT2D eigenvalue weighted by Gasteiger charge is -2.17. The fraction of sp³-hybridized carbons (Fsp3) is 0.333. The lowest BCUT2D eigenvalue weighted by atomic mass is 10.1. The van der Waals surface area contributed by atoms with Crippen molar-refractivity contribution in [1.29, 1.82) is 5.41 Å². The van der Waals surface area contributed by atoms with E-state index in [0.29, 0.717) is 0 Å². The molecule has 0 saturated carbocycles. The second-order valence-corrected chi connectivity index (χ2v) is 3.82. The van der Waals surface area contributed by atoms with Gasteiger partial charge in [0.25, 0.3) is 0 Å². The molecule has 4 N–H and O–H groups in total. The van der Waals surface area contributed by atoms with E-state index in [4.69, 9.17) is 11.1 Å². The van der Waals surface area contributed by atoms with E-state index in [1.807, 2.05) is 37.3 Å². The predicted molar refractivity (Wildman–Crippen MR) is 64.1 cm³/mol. The van der Waals surface area contributed by atoms with E-state index in [-0.39, 0.29) is 17.8 Å². The molecule has 2 atom stereocenters. The van der Waals surface area contributed by atoms with Crippen molar-refractivity contribution < 1.29 is 4.79 Å². The minimum Gasteiger partial charge on any atom is -0.387 e. The first-order valence-corrected chi connectivity index (χ1v) is 5.21. The Balaban J connectivity index is 2.62. The minimum absolute atomic E-state index is 0.0736. The highest BCUT2D eigenvalue weighted by molar-refractivity contribution is 6.00. The number of rotatable bonds is 4. The molecule has 1 rings (SSSR count). The van der Waals surface area contributed by atoms with Crippen LogP contribution in [-0.2, 0) is 4.79 Å². The SMILES string of the molecule is CC(C(=N)N)C(=O)N[C@H](C)c1ccccc1. The van der Waals surface area contributed by atoms with Gasteiger partial charge in [-0.2, -0.15) is 0 Å². The molecule has 4 nitrogen and oxygen atoms in total. The van der Waals surface area contributed by atoms with E-state index in [2.05, 4.69) is 5.32 Å². The van der Waals surface area contributed by atoms with Gasteiger partial charge in [0.2, 0.25) is 5.91 Å². The fourth-order valence-corrected chi connectivity index (χ4v) is 1.30. The lowest BCUT2D eigenvalue weighted by molar-refractivity contribution is -0.123. The van der Waals surface area contributed by atoms with E-state index in [1.165, 1.54) is 0 Å². The van der Waals surface area contributed by atoms with E-state index < -0.39 is 5.92 Å². The molecule has 16 heavy (non-hydrogen) atoms. The van der Waals surface area contributed by atoms with Gasteiger partial charge in [0.15, 0.2) is 0 Å². The van der Waals surface area contributed by atoms with Gasteiger partial charge < -0.3 is 11.1 Å². The third-order valence-corrected chi connectivity index (χ3v) is 2.52. The smallest absolute Gasteiger partial charge is 0.230 e. The zero-order chi connectivity index (χ0) is 12.1. The van der Waals surface area contributed by atoms with Crippen molar-refractivity contribution in [3.63, 3.8) is 0 Å². The molecule has 4 heteroatoms. The highest BCUT2D eigenvalue weighted by Gasteiger charge is 2.17. The molecular formula is C12H17N3O. The zero-order valence-electron chi connectivity index (χ0n) is 9.53. The Morgan fingerprint density at radius 2 is 1.88 bits per heavy atom. The highest BCUT2D eigenvalue weighted by atomic mass is 16.1. The number of carbonyl (C=O) groups excluding carboxylic acids is 1. The Morgan fingerprint density at radius 1 is 1.31 bits per heavy atom. The van der Waals surface area contributed by atoms with Crippen molar-refractivity contribution in [3.05, 3.63) is 35.9 Å². The van der Waals surface area contributed by atoms with Crippen molar-refractivity contribution in [2.45, 2.75) is 19.9 Å². The average Bonchev–Trinajstić information content (AvgIpc) is 2.28. The van der Waals surface area contributed by atoms with E-state index >= 15 is 0 Å². The Labute approximate surface area is 95.4 Å². The largest absolute Gasteiger partial charge is 0.387 e. The number of hydrogen-bond acceptors (Lipinski definition) is 2. The number of amidine groups is 1. The third kappa shape index (κ3) is 3.08. The van der Waals surface area contributed by atoms with Crippen LogP contribution in [0.1, 0.15) is 25.5 Å². The molecule has 0 aliphatic rings. The maximum absolute atomic E-state index is 11.6. The molecular weight excluding hydrogens is 202 g/mol. The first-order chi connectivity index (χ1) is 7.52. The summed E-state index contributed by atoms with van der Waals surface area (Å²) in [6.45, 7) is 3.52. The Morgan fingerprint density at radius 3 is 2.38 bits per heavy atom. The van der Waals surface area contributed by atoms with Crippen LogP contribution in [0.5, 0.6) is 0 Å². The van der Waals surface area contributed by atoms with Crippen LogP contribution in [0.2, 0.25) is 0 Å². The van der Waals surface area contributed by atoms with Gasteiger partial charge in [-0.05, 0) is 19.4 Å². The summed E-state index contributed by atoms with van der Waals surface area (Å²) in [7, 11) is 0. The van der Waals surface area contributed by atoms with Crippen LogP contribution >= 0.6 is 0 Å². The second-order valence-electron chi connectivity index (χ2n) is 3.82. The molecule has 0 aliphatic carbocycles. The molecule has 1 unspecified atom stereocenters. The van der Waals surface area contributed by atoms with Crippen molar-refractivity contribution in [2.24, 2.45) is 11.7 Å². The average molecular weight is 219 g/mol. The zero-order valence-corrected chi connectivity index (χ0v) is 9.53. The number of hydrogen-bond donors (Lipinski definition) is 3. The van der Waals surface area contributed by atoms with E-state index in [9.17, 15) is 4.79 Å². The molecule has 0 radical (unpaired) electrons. The van der Waals surface area contributed by atoms with Gasteiger partial charge in [-0.15, -0.1) is 0 Å². The van der Waals surface area contributed by atoms with E-state index in [1.54, 1.807) is 6.92 Å². The van der Waals surface area contributed by atoms with Gasteiger partial charge in [-0.25, -0.2) is 0 Å². The molecule has 1 aromatic rings. The van der Waals surface area contributed by atoms with Crippen molar-refractivity contribution in [2.75, 3.05) is 0 Å². The number of nitrogens with one attached hydrogen (secondary N) is 2. The van der Waals surface area contributed by atoms with Crippen LogP contribution in [0.4, 0.5) is 0 Å². The highest BCUT2D eigenvalue weighted by Crippen LogP contribution is 2.11. The molecule has 0 saturated heterocycles. The quantitative estimate of drug-likeness (QED) is 0.529. The molecule has 0 heterocycles. The summed E-state index contributed by atoms with van der Waals surface area (Å²) in [5.41, 5.74) is 6.31. The maximum atomic E-state index is 11.6. The molecule has 0 spiro atoms. The second kappa shape index (κ2) is 5.30. The molecule has 0 fully saturated rings. The first-order valence-electron chi connectivity index (χ1n) is 5.21. The summed E-state index contributed by atoms with van der Waals surface area (Å²) in [6, 6.07) is 9.59. The third-order valence-electron chi connectivity index (χ3n) is 2.52. The fourth-order valence-electron chi connectivity index (χ4n) is 1.30. The topological polar surface area (TPSA) is 79.0 Å². The Bertz CT molecular complexity index is 375. The van der Waals surface area contributed by atoms with Crippen LogP contribution in [0.25, 0.3) is 0 Å². The van der Waals surface area contributed by atoms with Crippen molar-refractivity contribution in [1.82, 2.24) is 5.32 Å². The molecule has 0 aliphatic heterocycles. The molecule has 1 aromatic carbocycles. The predicted octanol–water partition coefficient (Wildman–Crippen LogP) is 1.44. The van der Waals surface area contributed by atoms with Crippen LogP contribution in [0, 0.1) is 11.3 Å². The minimum atomic E-state index is -0.578. The van der Waals surface area contributed by atoms with Crippen molar-refractivity contribution >= 4 is 11.7 Å². The van der Waals surface area contributed by atoms with Crippen LogP contribution in [0.15, 0.2) is 30.3 Å². The van der Waals surface area contributed by atoms with Gasteiger partial charge in [-0.1, -0.05) is 30.3 Å². The summed E-state index contributed by atoms with van der Waals surface area (Å²) < 4.78 is 0. The molecule has 86 valence electrons. The maximum Gasteiger partial charge on any atom is 0.230 e. The van der Waals surface area contributed by atoms with Gasteiger partial charge in [0.1, 0.15) is 5.84 Å². The summed E-state index contributed by atoms with van der Waals surface area (Å²) in [4.78, 5) is 11.6. The summed E-state index contributed by atoms with van der Waals surface area (Å²) in [6.07, 6.45) is 0. The molecule has 0 bridgehead atoms. The van der Waals surface area contributed by atoms with Crippen molar-refractivity contribution in [3.8, 4) is 0 Å². The lowest BCUT2D eigenvalue weighted by Crippen LogP contribution is -2.37. The Kier molecular flexibility index (Phi) is 4.05. The Hall–Kier alpha value is -1.84. The summed E-state index contributed by atoms with van der Waals surface area (Å²) in [5, 5.41) is 10.0. The van der Waals surface area contributed by atoms with Gasteiger partial charge in [-0.3, -0.25) is 10.2 Å². The van der Waals surface area contributed by atoms with E-state index in [0.717, 1.165) is 5.56 Å². The van der Waals surface area contributed by atoms with Crippen LogP contribution < -0.4 is 11.1 Å². The standard InChI is InChI=1S/C12H17N3O/c1-8(11(13)14)12(16)15-9(2)10-6-4-3-5-7-10/h3-9H,1-2H3,(H3,13,14)(H,15,16)/t8?,9-/m1/s1. The monoisotopic (exact) mass is 219 g/mol. The normalized spacial score (nSPS) is 13.9. The summed E-state index contributed by atoms with van der Waals surface area (Å²) >= 11 is 0. The van der Waals surface area contributed by atoms with Gasteiger partial charge in [0.05, 0.1) is 12.0 Å². The number of benzene rings is 1. The van der Waals surface area contributed by atoms with Crippen LogP contribution in [0.3, 0.4) is 0 Å². The molecule has 1 amide bonds. The summed E-state index contributed by atoms with van der Waals surface area (Å²) in [5.74, 6) is -0.909. The van der Waals surface area contributed by atoms with Gasteiger partial charge in [0, 0.05) is 0 Å². The molecule has 0 aromatic heterocycles. The number of amides is 1. The van der Waals surface area contributed by atoms with Crippen LogP contribution in [-0.4, -0.2) is 11.7 Å². The number of nitrogens with two attached hydrogens (primary N) is 1. The number of carbonyl (C=O) groups is 1. The first kappa shape index (κ1) is 12.2. The van der Waals surface area contributed by atoms with Gasteiger partial charge >= 0.3 is 0 Å².